The molecule has 3 rings (SSSR count). The first-order valence-corrected chi connectivity index (χ1v) is 7.85. The number of hydrogen-bond donors (Lipinski definition) is 0. The molecule has 0 aliphatic carbocycles. The van der Waals surface area contributed by atoms with Gasteiger partial charge in [0, 0.05) is 12.0 Å². The Morgan fingerprint density at radius 3 is 2.95 bits per heavy atom. The number of halogens is 1. The molecule has 0 spiro atoms. The van der Waals surface area contributed by atoms with Gasteiger partial charge in [0.1, 0.15) is 23.2 Å². The molecule has 2 fully saturated rings. The Morgan fingerprint density at radius 1 is 1.24 bits per heavy atom. The number of rotatable bonds is 3. The zero-order valence-corrected chi connectivity index (χ0v) is 12.2. The highest BCUT2D eigenvalue weighted by atomic mass is 19.1. The van der Waals surface area contributed by atoms with Gasteiger partial charge in [0.2, 0.25) is 0 Å². The normalized spacial score (nSPS) is 25.9. The Morgan fingerprint density at radius 2 is 2.10 bits per heavy atom. The van der Waals surface area contributed by atoms with Gasteiger partial charge in [0.05, 0.1) is 6.61 Å². The van der Waals surface area contributed by atoms with E-state index in [1.807, 2.05) is 6.07 Å². The van der Waals surface area contributed by atoms with E-state index in [0.29, 0.717) is 24.3 Å². The van der Waals surface area contributed by atoms with Gasteiger partial charge in [-0.05, 0) is 50.9 Å². The number of piperidine rings is 2. The third-order valence-corrected chi connectivity index (χ3v) is 4.77. The van der Waals surface area contributed by atoms with Gasteiger partial charge < -0.3 is 4.74 Å². The fourth-order valence-corrected chi connectivity index (χ4v) is 3.70. The third kappa shape index (κ3) is 3.03. The minimum atomic E-state index is -0.502. The topological polar surface area (TPSA) is 36.3 Å². The molecule has 2 aliphatic heterocycles. The quantitative estimate of drug-likeness (QED) is 0.856. The summed E-state index contributed by atoms with van der Waals surface area (Å²) in [6.07, 6.45) is 6.20. The van der Waals surface area contributed by atoms with Crippen LogP contribution in [-0.2, 0) is 0 Å². The van der Waals surface area contributed by atoms with Gasteiger partial charge in [-0.2, -0.15) is 5.26 Å². The summed E-state index contributed by atoms with van der Waals surface area (Å²) in [4.78, 5) is 2.58. The molecule has 0 radical (unpaired) electrons. The standard InChI is InChI=1S/C17H21FN2O/c18-15-6-3-8-17(14(15)11-19)21-12-13-5-4-10-20-9-2-1-7-16(13)20/h3,6,8,13,16H,1-2,4-5,7,9-10,12H2/t13-,16+/m0/s1. The van der Waals surface area contributed by atoms with Crippen molar-refractivity contribution in [2.45, 2.75) is 38.1 Å². The first kappa shape index (κ1) is 14.3. The molecule has 112 valence electrons. The fourth-order valence-electron chi connectivity index (χ4n) is 3.70. The van der Waals surface area contributed by atoms with Crippen molar-refractivity contribution >= 4 is 0 Å². The molecule has 2 aliphatic rings. The maximum absolute atomic E-state index is 13.6. The first-order valence-electron chi connectivity index (χ1n) is 7.85. The molecular weight excluding hydrogens is 267 g/mol. The van der Waals surface area contributed by atoms with Gasteiger partial charge in [-0.25, -0.2) is 4.39 Å². The molecule has 2 atom stereocenters. The Labute approximate surface area is 125 Å². The van der Waals surface area contributed by atoms with Crippen LogP contribution in [0.15, 0.2) is 18.2 Å². The molecule has 2 saturated heterocycles. The smallest absolute Gasteiger partial charge is 0.144 e. The molecule has 2 heterocycles. The monoisotopic (exact) mass is 288 g/mol. The second-order valence-corrected chi connectivity index (χ2v) is 6.04. The van der Waals surface area contributed by atoms with E-state index < -0.39 is 5.82 Å². The maximum atomic E-state index is 13.6. The van der Waals surface area contributed by atoms with Gasteiger partial charge in [0.25, 0.3) is 0 Å². The molecule has 4 heteroatoms. The van der Waals surface area contributed by atoms with E-state index in [4.69, 9.17) is 10.00 Å². The van der Waals surface area contributed by atoms with Crippen LogP contribution in [0.25, 0.3) is 0 Å². The number of fused-ring (bicyclic) bond motifs is 1. The largest absolute Gasteiger partial charge is 0.492 e. The molecule has 0 amide bonds. The summed E-state index contributed by atoms with van der Waals surface area (Å²) < 4.78 is 19.4. The van der Waals surface area contributed by atoms with Crippen molar-refractivity contribution in [3.63, 3.8) is 0 Å². The molecule has 3 nitrogen and oxygen atoms in total. The summed E-state index contributed by atoms with van der Waals surface area (Å²) in [6.45, 7) is 2.98. The molecular formula is C17H21FN2O. The summed E-state index contributed by atoms with van der Waals surface area (Å²) in [6, 6.07) is 7.08. The van der Waals surface area contributed by atoms with Gasteiger partial charge in [-0.3, -0.25) is 4.90 Å². The van der Waals surface area contributed by atoms with E-state index in [-0.39, 0.29) is 5.56 Å². The molecule has 0 bridgehead atoms. The highest BCUT2D eigenvalue weighted by molar-refractivity contribution is 5.43. The van der Waals surface area contributed by atoms with Crippen LogP contribution in [0.1, 0.15) is 37.7 Å². The second kappa shape index (κ2) is 6.44. The lowest BCUT2D eigenvalue weighted by Gasteiger charge is -2.44. The molecule has 0 N–H and O–H groups in total. The van der Waals surface area contributed by atoms with Crippen LogP contribution in [0.2, 0.25) is 0 Å². The van der Waals surface area contributed by atoms with Crippen molar-refractivity contribution < 1.29 is 9.13 Å². The van der Waals surface area contributed by atoms with Crippen molar-refractivity contribution in [3.8, 4) is 11.8 Å². The predicted octanol–water partition coefficient (Wildman–Crippen LogP) is 3.34. The Balaban J connectivity index is 1.67. The summed E-state index contributed by atoms with van der Waals surface area (Å²) in [5.74, 6) is 0.372. The minimum absolute atomic E-state index is 0.0220. The van der Waals surface area contributed by atoms with Crippen molar-refractivity contribution in [3.05, 3.63) is 29.6 Å². The predicted molar refractivity (Wildman–Crippen MR) is 78.5 cm³/mol. The highest BCUT2D eigenvalue weighted by Gasteiger charge is 2.33. The van der Waals surface area contributed by atoms with E-state index in [1.54, 1.807) is 12.1 Å². The number of benzene rings is 1. The number of hydrogen-bond acceptors (Lipinski definition) is 3. The van der Waals surface area contributed by atoms with Crippen LogP contribution >= 0.6 is 0 Å². The molecule has 1 aromatic carbocycles. The lowest BCUT2D eigenvalue weighted by Crippen LogP contribution is -2.49. The number of nitriles is 1. The number of ether oxygens (including phenoxy) is 1. The lowest BCUT2D eigenvalue weighted by molar-refractivity contribution is 0.0365. The van der Waals surface area contributed by atoms with E-state index in [1.165, 1.54) is 51.3 Å². The van der Waals surface area contributed by atoms with Crippen molar-refractivity contribution in [1.82, 2.24) is 4.90 Å². The minimum Gasteiger partial charge on any atom is -0.492 e. The third-order valence-electron chi connectivity index (χ3n) is 4.77. The maximum Gasteiger partial charge on any atom is 0.144 e. The zero-order valence-electron chi connectivity index (χ0n) is 12.2. The van der Waals surface area contributed by atoms with Crippen molar-refractivity contribution in [1.29, 1.82) is 5.26 Å². The first-order chi connectivity index (χ1) is 10.3. The summed E-state index contributed by atoms with van der Waals surface area (Å²) in [5.41, 5.74) is 0.0220. The SMILES string of the molecule is N#Cc1c(F)cccc1OC[C@@H]1CCCN2CCCC[C@H]12. The van der Waals surface area contributed by atoms with Gasteiger partial charge in [0.15, 0.2) is 0 Å². The van der Waals surface area contributed by atoms with Crippen LogP contribution in [0.5, 0.6) is 5.75 Å². The van der Waals surface area contributed by atoms with Gasteiger partial charge in [-0.1, -0.05) is 12.5 Å². The van der Waals surface area contributed by atoms with E-state index in [2.05, 4.69) is 4.90 Å². The summed E-state index contributed by atoms with van der Waals surface area (Å²) >= 11 is 0. The lowest BCUT2D eigenvalue weighted by atomic mass is 9.84. The van der Waals surface area contributed by atoms with Gasteiger partial charge >= 0.3 is 0 Å². The molecule has 1 aromatic rings. The average Bonchev–Trinajstić information content (AvgIpc) is 2.53. The Hall–Kier alpha value is -1.60. The number of nitrogens with zero attached hydrogens (tertiary/aromatic N) is 2. The zero-order chi connectivity index (χ0) is 14.7. The van der Waals surface area contributed by atoms with Crippen LogP contribution in [0, 0.1) is 23.1 Å². The van der Waals surface area contributed by atoms with E-state index in [0.717, 1.165) is 0 Å². The van der Waals surface area contributed by atoms with E-state index in [9.17, 15) is 4.39 Å². The van der Waals surface area contributed by atoms with Crippen LogP contribution in [0.4, 0.5) is 4.39 Å². The average molecular weight is 288 g/mol. The molecule has 21 heavy (non-hydrogen) atoms. The Kier molecular flexibility index (Phi) is 4.40. The summed E-state index contributed by atoms with van der Waals surface area (Å²) in [5, 5.41) is 9.05. The fraction of sp³-hybridized carbons (Fsp3) is 0.588. The van der Waals surface area contributed by atoms with E-state index >= 15 is 0 Å². The van der Waals surface area contributed by atoms with Crippen LogP contribution in [0.3, 0.4) is 0 Å². The van der Waals surface area contributed by atoms with Gasteiger partial charge in [-0.15, -0.1) is 0 Å². The second-order valence-electron chi connectivity index (χ2n) is 6.04. The van der Waals surface area contributed by atoms with Crippen molar-refractivity contribution in [2.75, 3.05) is 19.7 Å². The molecule has 0 aromatic heterocycles. The summed E-state index contributed by atoms with van der Waals surface area (Å²) in [7, 11) is 0. The molecule has 0 saturated carbocycles. The molecule has 0 unspecified atom stereocenters. The van der Waals surface area contributed by atoms with Crippen LogP contribution < -0.4 is 4.74 Å². The van der Waals surface area contributed by atoms with Crippen LogP contribution in [-0.4, -0.2) is 30.6 Å². The van der Waals surface area contributed by atoms with Crippen molar-refractivity contribution in [2.24, 2.45) is 5.92 Å². The highest BCUT2D eigenvalue weighted by Crippen LogP contribution is 2.31. The Bertz CT molecular complexity index is 538.